The largest absolute Gasteiger partial charge is 0.490 e. The molecule has 20 heavy (non-hydrogen) atoms. The standard InChI is InChI=1S/C17H26N2O/c18-14-6-8-16(9-7-14)20-17-10-12-19(13-11-17)15-4-2-1-3-5-15/h6-9,15,17H,1-5,10-13,18H2. The Kier molecular flexibility index (Phi) is 4.46. The van der Waals surface area contributed by atoms with Gasteiger partial charge in [0.25, 0.3) is 0 Å². The highest BCUT2D eigenvalue weighted by Crippen LogP contribution is 2.26. The molecule has 0 spiro atoms. The number of nitrogens with two attached hydrogens (primary N) is 1. The van der Waals surface area contributed by atoms with Gasteiger partial charge < -0.3 is 15.4 Å². The van der Waals surface area contributed by atoms with E-state index in [1.165, 1.54) is 45.2 Å². The van der Waals surface area contributed by atoms with E-state index in [4.69, 9.17) is 10.5 Å². The van der Waals surface area contributed by atoms with Crippen LogP contribution in [0, 0.1) is 0 Å². The lowest BCUT2D eigenvalue weighted by atomic mass is 9.92. The molecule has 3 rings (SSSR count). The number of hydrogen-bond donors (Lipinski definition) is 1. The van der Waals surface area contributed by atoms with Crippen molar-refractivity contribution in [2.24, 2.45) is 0 Å². The summed E-state index contributed by atoms with van der Waals surface area (Å²) >= 11 is 0. The van der Waals surface area contributed by atoms with Crippen LogP contribution in [0.3, 0.4) is 0 Å². The number of benzene rings is 1. The molecule has 0 radical (unpaired) electrons. The molecule has 1 heterocycles. The maximum atomic E-state index is 6.06. The van der Waals surface area contributed by atoms with Gasteiger partial charge >= 0.3 is 0 Å². The van der Waals surface area contributed by atoms with Crippen molar-refractivity contribution in [1.82, 2.24) is 4.90 Å². The lowest BCUT2D eigenvalue weighted by molar-refractivity contribution is 0.0631. The highest BCUT2D eigenvalue weighted by Gasteiger charge is 2.26. The molecule has 0 bridgehead atoms. The zero-order valence-electron chi connectivity index (χ0n) is 12.3. The van der Waals surface area contributed by atoms with Crippen molar-refractivity contribution in [2.75, 3.05) is 18.8 Å². The van der Waals surface area contributed by atoms with Crippen molar-refractivity contribution in [3.8, 4) is 5.75 Å². The topological polar surface area (TPSA) is 38.5 Å². The molecule has 0 atom stereocenters. The summed E-state index contributed by atoms with van der Waals surface area (Å²) in [6, 6.07) is 8.62. The molecule has 1 saturated heterocycles. The van der Waals surface area contributed by atoms with Crippen LogP contribution in [-0.2, 0) is 0 Å². The monoisotopic (exact) mass is 274 g/mol. The molecule has 1 aromatic carbocycles. The zero-order valence-corrected chi connectivity index (χ0v) is 12.3. The van der Waals surface area contributed by atoms with Crippen LogP contribution in [0.25, 0.3) is 0 Å². The smallest absolute Gasteiger partial charge is 0.119 e. The number of likely N-dealkylation sites (tertiary alicyclic amines) is 1. The lowest BCUT2D eigenvalue weighted by Gasteiger charge is -2.39. The van der Waals surface area contributed by atoms with Gasteiger partial charge in [-0.2, -0.15) is 0 Å². The van der Waals surface area contributed by atoms with Crippen LogP contribution in [0.2, 0.25) is 0 Å². The number of hydrogen-bond acceptors (Lipinski definition) is 3. The Morgan fingerprint density at radius 1 is 0.900 bits per heavy atom. The first-order chi connectivity index (χ1) is 9.81. The van der Waals surface area contributed by atoms with Gasteiger partial charge in [-0.15, -0.1) is 0 Å². The van der Waals surface area contributed by atoms with Gasteiger partial charge in [0.15, 0.2) is 0 Å². The van der Waals surface area contributed by atoms with Gasteiger partial charge in [-0.05, 0) is 49.9 Å². The second-order valence-electron chi connectivity index (χ2n) is 6.21. The van der Waals surface area contributed by atoms with E-state index in [1.807, 2.05) is 24.3 Å². The molecule has 2 aliphatic rings. The van der Waals surface area contributed by atoms with E-state index in [9.17, 15) is 0 Å². The molecule has 1 aliphatic carbocycles. The van der Waals surface area contributed by atoms with E-state index < -0.39 is 0 Å². The van der Waals surface area contributed by atoms with Gasteiger partial charge in [-0.1, -0.05) is 19.3 Å². The summed E-state index contributed by atoms with van der Waals surface area (Å²) in [4.78, 5) is 2.70. The van der Waals surface area contributed by atoms with Crippen LogP contribution < -0.4 is 10.5 Å². The third-order valence-electron chi connectivity index (χ3n) is 4.75. The van der Waals surface area contributed by atoms with Crippen LogP contribution in [0.4, 0.5) is 5.69 Å². The Balaban J connectivity index is 1.47. The minimum Gasteiger partial charge on any atom is -0.490 e. The predicted molar refractivity (Wildman–Crippen MR) is 83.0 cm³/mol. The summed E-state index contributed by atoms with van der Waals surface area (Å²) in [7, 11) is 0. The van der Waals surface area contributed by atoms with Gasteiger partial charge in [0.1, 0.15) is 11.9 Å². The molecular weight excluding hydrogens is 248 g/mol. The third-order valence-corrected chi connectivity index (χ3v) is 4.75. The molecule has 0 amide bonds. The van der Waals surface area contributed by atoms with Crippen LogP contribution in [0.5, 0.6) is 5.75 Å². The molecule has 0 aromatic heterocycles. The van der Waals surface area contributed by atoms with Crippen molar-refractivity contribution in [3.63, 3.8) is 0 Å². The van der Waals surface area contributed by atoms with Crippen molar-refractivity contribution in [1.29, 1.82) is 0 Å². The van der Waals surface area contributed by atoms with Crippen molar-refractivity contribution in [3.05, 3.63) is 24.3 Å². The van der Waals surface area contributed by atoms with Crippen LogP contribution >= 0.6 is 0 Å². The number of nitrogens with zero attached hydrogens (tertiary/aromatic N) is 1. The Bertz CT molecular complexity index is 404. The molecule has 2 fully saturated rings. The van der Waals surface area contributed by atoms with Gasteiger partial charge in [0.2, 0.25) is 0 Å². The normalized spacial score (nSPS) is 22.8. The summed E-state index contributed by atoms with van der Waals surface area (Å²) in [5.74, 6) is 0.954. The third kappa shape index (κ3) is 3.45. The average Bonchev–Trinajstić information content (AvgIpc) is 2.51. The van der Waals surface area contributed by atoms with Crippen LogP contribution in [0.15, 0.2) is 24.3 Å². The predicted octanol–water partition coefficient (Wildman–Crippen LogP) is 3.44. The van der Waals surface area contributed by atoms with E-state index in [1.54, 1.807) is 0 Å². The minimum absolute atomic E-state index is 0.374. The molecule has 0 unspecified atom stereocenters. The number of piperidine rings is 1. The first-order valence-corrected chi connectivity index (χ1v) is 8.07. The Morgan fingerprint density at radius 2 is 1.55 bits per heavy atom. The number of anilines is 1. The fraction of sp³-hybridized carbons (Fsp3) is 0.647. The molecule has 3 nitrogen and oxygen atoms in total. The summed E-state index contributed by atoms with van der Waals surface area (Å²) in [6.45, 7) is 2.40. The maximum absolute atomic E-state index is 6.06. The molecular formula is C17H26N2O. The van der Waals surface area contributed by atoms with Gasteiger partial charge in [0.05, 0.1) is 0 Å². The Morgan fingerprint density at radius 3 is 2.20 bits per heavy atom. The molecule has 1 aliphatic heterocycles. The van der Waals surface area contributed by atoms with Gasteiger partial charge in [-0.25, -0.2) is 0 Å². The van der Waals surface area contributed by atoms with Crippen LogP contribution in [0.1, 0.15) is 44.9 Å². The molecule has 3 heteroatoms. The van der Waals surface area contributed by atoms with E-state index in [0.717, 1.165) is 30.3 Å². The van der Waals surface area contributed by atoms with Crippen molar-refractivity contribution < 1.29 is 4.74 Å². The Labute approximate surface area is 122 Å². The summed E-state index contributed by atoms with van der Waals surface area (Å²) < 4.78 is 6.06. The zero-order chi connectivity index (χ0) is 13.8. The Hall–Kier alpha value is -1.22. The minimum atomic E-state index is 0.374. The SMILES string of the molecule is Nc1ccc(OC2CCN(C3CCCCC3)CC2)cc1. The number of ether oxygens (including phenoxy) is 1. The second-order valence-corrected chi connectivity index (χ2v) is 6.21. The quantitative estimate of drug-likeness (QED) is 0.858. The van der Waals surface area contributed by atoms with E-state index in [-0.39, 0.29) is 0 Å². The molecule has 110 valence electrons. The highest BCUT2D eigenvalue weighted by molar-refractivity contribution is 5.41. The van der Waals surface area contributed by atoms with E-state index >= 15 is 0 Å². The van der Waals surface area contributed by atoms with Crippen molar-refractivity contribution >= 4 is 5.69 Å². The van der Waals surface area contributed by atoms with E-state index in [2.05, 4.69) is 4.90 Å². The first kappa shape index (κ1) is 13.7. The highest BCUT2D eigenvalue weighted by atomic mass is 16.5. The second kappa shape index (κ2) is 6.49. The molecule has 1 aromatic rings. The molecule has 2 N–H and O–H groups in total. The maximum Gasteiger partial charge on any atom is 0.119 e. The summed E-state index contributed by atoms with van der Waals surface area (Å²) in [5, 5.41) is 0. The first-order valence-electron chi connectivity index (χ1n) is 8.07. The van der Waals surface area contributed by atoms with Gasteiger partial charge in [0, 0.05) is 24.8 Å². The van der Waals surface area contributed by atoms with Crippen LogP contribution in [-0.4, -0.2) is 30.1 Å². The van der Waals surface area contributed by atoms with Gasteiger partial charge in [-0.3, -0.25) is 0 Å². The number of rotatable bonds is 3. The fourth-order valence-corrected chi connectivity index (χ4v) is 3.54. The fourth-order valence-electron chi connectivity index (χ4n) is 3.54. The molecule has 1 saturated carbocycles. The van der Waals surface area contributed by atoms with E-state index in [0.29, 0.717) is 6.10 Å². The van der Waals surface area contributed by atoms with Crippen molar-refractivity contribution in [2.45, 2.75) is 57.1 Å². The average molecular weight is 274 g/mol. The summed E-state index contributed by atoms with van der Waals surface area (Å²) in [5.41, 5.74) is 6.49. The number of nitrogen functional groups attached to an aromatic ring is 1. The summed E-state index contributed by atoms with van der Waals surface area (Å²) in [6.07, 6.45) is 9.78. The lowest BCUT2D eigenvalue weighted by Crippen LogP contribution is -2.44.